The first-order chi connectivity index (χ1) is 10.1. The monoisotopic (exact) mass is 400 g/mol. The summed E-state index contributed by atoms with van der Waals surface area (Å²) >= 11 is 0. The lowest BCUT2D eigenvalue weighted by molar-refractivity contribution is -0.188. The second-order valence-electron chi connectivity index (χ2n) is 5.00. The van der Waals surface area contributed by atoms with Crippen LogP contribution < -0.4 is 5.32 Å². The second kappa shape index (κ2) is 8.46. The highest BCUT2D eigenvalue weighted by molar-refractivity contribution is 5.85. The molecule has 1 heterocycles. The van der Waals surface area contributed by atoms with E-state index in [2.05, 4.69) is 5.32 Å². The van der Waals surface area contributed by atoms with Gasteiger partial charge in [0.1, 0.15) is 11.8 Å². The zero-order valence-electron chi connectivity index (χ0n) is 12.1. The molecule has 1 aromatic rings. The van der Waals surface area contributed by atoms with E-state index in [4.69, 9.17) is 0 Å². The van der Waals surface area contributed by atoms with Crippen molar-refractivity contribution in [1.82, 2.24) is 10.2 Å². The Balaban J connectivity index is 0.00000264. The summed E-state index contributed by atoms with van der Waals surface area (Å²) in [6.07, 6.45) is -9.57. The highest BCUT2D eigenvalue weighted by Gasteiger charge is 2.47. The molecular formula is C13H16Cl2F6N2O. The average Bonchev–Trinajstić information content (AvgIpc) is 2.39. The van der Waals surface area contributed by atoms with Gasteiger partial charge in [-0.25, -0.2) is 0 Å². The summed E-state index contributed by atoms with van der Waals surface area (Å²) in [6.45, 7) is 0.651. The third kappa shape index (κ3) is 5.30. The fraction of sp³-hybridized carbons (Fsp3) is 0.538. The van der Waals surface area contributed by atoms with Gasteiger partial charge in [-0.15, -0.1) is 24.8 Å². The van der Waals surface area contributed by atoms with Crippen molar-refractivity contribution in [2.45, 2.75) is 18.4 Å². The molecule has 11 heteroatoms. The molecule has 1 aliphatic heterocycles. The molecule has 1 aliphatic rings. The molecular weight excluding hydrogens is 385 g/mol. The number of hydrogen-bond acceptors (Lipinski definition) is 3. The van der Waals surface area contributed by atoms with Crippen molar-refractivity contribution in [2.24, 2.45) is 0 Å². The van der Waals surface area contributed by atoms with E-state index in [0.717, 1.165) is 4.90 Å². The predicted molar refractivity (Wildman–Crippen MR) is 80.8 cm³/mol. The van der Waals surface area contributed by atoms with E-state index in [1.54, 1.807) is 0 Å². The van der Waals surface area contributed by atoms with Crippen molar-refractivity contribution in [2.75, 3.05) is 26.2 Å². The molecule has 2 N–H and O–H groups in total. The molecule has 24 heavy (non-hydrogen) atoms. The molecule has 1 fully saturated rings. The van der Waals surface area contributed by atoms with Gasteiger partial charge in [-0.1, -0.05) is 0 Å². The largest absolute Gasteiger partial charge is 0.508 e. The van der Waals surface area contributed by atoms with Crippen LogP contribution in [0.3, 0.4) is 0 Å². The van der Waals surface area contributed by atoms with E-state index < -0.39 is 35.3 Å². The molecule has 0 saturated carbocycles. The van der Waals surface area contributed by atoms with Gasteiger partial charge in [0.15, 0.2) is 0 Å². The van der Waals surface area contributed by atoms with Crippen LogP contribution in [0.4, 0.5) is 26.3 Å². The number of hydrogen-bond donors (Lipinski definition) is 2. The van der Waals surface area contributed by atoms with Gasteiger partial charge >= 0.3 is 12.4 Å². The Hall–Kier alpha value is -0.900. The second-order valence-corrected chi connectivity index (χ2v) is 5.00. The third-order valence-electron chi connectivity index (χ3n) is 3.48. The first-order valence-corrected chi connectivity index (χ1v) is 6.52. The van der Waals surface area contributed by atoms with Gasteiger partial charge in [0.05, 0.1) is 5.56 Å². The maximum Gasteiger partial charge on any atom is 0.416 e. The molecule has 3 nitrogen and oxygen atoms in total. The third-order valence-corrected chi connectivity index (χ3v) is 3.48. The van der Waals surface area contributed by atoms with Gasteiger partial charge in [-0.05, 0) is 18.2 Å². The Labute approximate surface area is 146 Å². The maximum absolute atomic E-state index is 13.3. The Morgan fingerprint density at radius 2 is 1.54 bits per heavy atom. The van der Waals surface area contributed by atoms with E-state index >= 15 is 0 Å². The van der Waals surface area contributed by atoms with Crippen molar-refractivity contribution in [3.8, 4) is 5.75 Å². The van der Waals surface area contributed by atoms with Gasteiger partial charge in [0.2, 0.25) is 0 Å². The van der Waals surface area contributed by atoms with Crippen molar-refractivity contribution < 1.29 is 31.4 Å². The molecule has 2 rings (SSSR count). The van der Waals surface area contributed by atoms with Crippen LogP contribution in [0.1, 0.15) is 17.2 Å². The lowest BCUT2D eigenvalue weighted by Gasteiger charge is -2.36. The number of alkyl halides is 6. The standard InChI is InChI=1S/C13H14F6N2O.2ClH/c14-12(15,16)8-1-2-10(22)9(7-8)11(13(17,18)19)21-5-3-20-4-6-21;;/h1-2,7,11,20,22H,3-6H2;2*1H/t11-;;/m1../s1. The summed E-state index contributed by atoms with van der Waals surface area (Å²) in [5.41, 5.74) is -1.99. The molecule has 140 valence electrons. The first kappa shape index (κ1) is 23.1. The lowest BCUT2D eigenvalue weighted by atomic mass is 9.99. The highest BCUT2D eigenvalue weighted by Crippen LogP contribution is 2.43. The highest BCUT2D eigenvalue weighted by atomic mass is 35.5. The molecule has 0 radical (unpaired) electrons. The number of nitrogens with one attached hydrogen (secondary N) is 1. The van der Waals surface area contributed by atoms with Crippen LogP contribution in [0.25, 0.3) is 0 Å². The number of phenols is 1. The van der Waals surface area contributed by atoms with E-state index in [9.17, 15) is 31.4 Å². The molecule has 0 aromatic heterocycles. The number of phenolic OH excluding ortho intramolecular Hbond substituents is 1. The van der Waals surface area contributed by atoms with Crippen LogP contribution in [0.15, 0.2) is 18.2 Å². The molecule has 0 bridgehead atoms. The Kier molecular flexibility index (Phi) is 8.14. The van der Waals surface area contributed by atoms with Crippen molar-refractivity contribution in [3.63, 3.8) is 0 Å². The van der Waals surface area contributed by atoms with Crippen LogP contribution in [0.2, 0.25) is 0 Å². The molecule has 0 aliphatic carbocycles. The number of nitrogens with zero attached hydrogens (tertiary/aromatic N) is 1. The molecule has 0 spiro atoms. The van der Waals surface area contributed by atoms with Crippen LogP contribution in [-0.4, -0.2) is 42.4 Å². The fourth-order valence-electron chi connectivity index (χ4n) is 2.47. The van der Waals surface area contributed by atoms with Gasteiger partial charge < -0.3 is 10.4 Å². The molecule has 1 aromatic carbocycles. The van der Waals surface area contributed by atoms with Gasteiger partial charge in [0, 0.05) is 31.7 Å². The Bertz CT molecular complexity index is 532. The van der Waals surface area contributed by atoms with Crippen LogP contribution in [0, 0.1) is 0 Å². The van der Waals surface area contributed by atoms with Crippen molar-refractivity contribution >= 4 is 24.8 Å². The van der Waals surface area contributed by atoms with E-state index in [1.165, 1.54) is 0 Å². The Morgan fingerprint density at radius 1 is 1.00 bits per heavy atom. The predicted octanol–water partition coefficient (Wildman–Crippen LogP) is 3.76. The zero-order valence-corrected chi connectivity index (χ0v) is 13.7. The molecule has 0 amide bonds. The van der Waals surface area contributed by atoms with E-state index in [0.29, 0.717) is 31.3 Å². The minimum Gasteiger partial charge on any atom is -0.508 e. The number of piperazine rings is 1. The molecule has 1 atom stereocenters. The number of rotatable bonds is 2. The molecule has 0 unspecified atom stereocenters. The summed E-state index contributed by atoms with van der Waals surface area (Å²) in [5, 5.41) is 12.5. The van der Waals surface area contributed by atoms with Gasteiger partial charge in [-0.3, -0.25) is 4.90 Å². The minimum absolute atomic E-state index is 0. The first-order valence-electron chi connectivity index (χ1n) is 6.52. The van der Waals surface area contributed by atoms with E-state index in [1.807, 2.05) is 0 Å². The van der Waals surface area contributed by atoms with Gasteiger partial charge in [0.25, 0.3) is 0 Å². The van der Waals surface area contributed by atoms with Crippen LogP contribution in [-0.2, 0) is 6.18 Å². The summed E-state index contributed by atoms with van der Waals surface area (Å²) < 4.78 is 78.2. The maximum atomic E-state index is 13.3. The quantitative estimate of drug-likeness (QED) is 0.741. The van der Waals surface area contributed by atoms with Gasteiger partial charge in [-0.2, -0.15) is 26.3 Å². The Morgan fingerprint density at radius 3 is 2.00 bits per heavy atom. The SMILES string of the molecule is Cl.Cl.Oc1ccc(C(F)(F)F)cc1[C@@H](N1CCNCC1)C(F)(F)F. The number of halogens is 8. The summed E-state index contributed by atoms with van der Waals surface area (Å²) in [5.74, 6) is -0.797. The van der Waals surface area contributed by atoms with Crippen molar-refractivity contribution in [1.29, 1.82) is 0 Å². The summed E-state index contributed by atoms with van der Waals surface area (Å²) in [6, 6.07) is -0.685. The van der Waals surface area contributed by atoms with E-state index in [-0.39, 0.29) is 37.9 Å². The smallest absolute Gasteiger partial charge is 0.416 e. The summed E-state index contributed by atoms with van der Waals surface area (Å²) in [4.78, 5) is 1.02. The zero-order chi connectivity index (χ0) is 16.5. The van der Waals surface area contributed by atoms with Crippen molar-refractivity contribution in [3.05, 3.63) is 29.3 Å². The average molecular weight is 401 g/mol. The lowest BCUT2D eigenvalue weighted by Crippen LogP contribution is -2.49. The molecule has 1 saturated heterocycles. The van der Waals surface area contributed by atoms with Crippen LogP contribution in [0.5, 0.6) is 5.75 Å². The summed E-state index contributed by atoms with van der Waals surface area (Å²) in [7, 11) is 0. The van der Waals surface area contributed by atoms with Crippen LogP contribution >= 0.6 is 24.8 Å². The fourth-order valence-corrected chi connectivity index (χ4v) is 2.47. The topological polar surface area (TPSA) is 35.5 Å². The number of aromatic hydroxyl groups is 1. The minimum atomic E-state index is -4.79. The number of benzene rings is 1. The normalized spacial score (nSPS) is 17.6.